The Morgan fingerprint density at radius 1 is 0.253 bits per heavy atom. The van der Waals surface area contributed by atoms with Crippen molar-refractivity contribution in [1.29, 1.82) is 0 Å². The Morgan fingerprint density at radius 2 is 0.384 bits per heavy atom. The van der Waals surface area contributed by atoms with E-state index in [2.05, 4.69) is 55.4 Å². The molecular weight excluding hydrogens is 1530 g/mol. The minimum absolute atomic E-state index is 0. The van der Waals surface area contributed by atoms with Gasteiger partial charge in [0.25, 0.3) is 0 Å². The number of nitrogens with zero attached hydrogens (tertiary/aromatic N) is 2. The molecule has 0 aliphatic heterocycles. The predicted octanol–water partition coefficient (Wildman–Crippen LogP) is 7.43. The maximum absolute atomic E-state index is 11.6. The summed E-state index contributed by atoms with van der Waals surface area (Å²) in [6, 6.07) is 0. The van der Waals surface area contributed by atoms with Crippen molar-refractivity contribution in [3.8, 4) is 0 Å². The van der Waals surface area contributed by atoms with Crippen molar-refractivity contribution in [2.45, 2.75) is 287 Å². The first-order chi connectivity index (χ1) is 38.8. The van der Waals surface area contributed by atoms with E-state index in [1.165, 1.54) is 215 Å². The van der Waals surface area contributed by atoms with Crippen LogP contribution in [0.15, 0.2) is 0 Å². The van der Waals surface area contributed by atoms with Gasteiger partial charge >= 0.3 is 11.9 Å². The van der Waals surface area contributed by atoms with Crippen molar-refractivity contribution in [1.82, 2.24) is 0 Å². The van der Waals surface area contributed by atoms with Gasteiger partial charge in [0.2, 0.25) is 0 Å². The number of aliphatic hydroxyl groups is 2. The molecule has 0 amide bonds. The fourth-order valence-corrected chi connectivity index (χ4v) is 9.79. The van der Waals surface area contributed by atoms with Crippen LogP contribution in [-0.4, -0.2) is 150 Å². The average Bonchev–Trinajstić information content (AvgIpc) is 1.15. The Bertz CT molecular complexity index is 1120. The molecule has 0 aliphatic rings. The van der Waals surface area contributed by atoms with Crippen molar-refractivity contribution in [2.24, 2.45) is 10.8 Å². The van der Waals surface area contributed by atoms with Crippen molar-refractivity contribution in [3.05, 3.63) is 0 Å². The summed E-state index contributed by atoms with van der Waals surface area (Å²) in [5, 5.41) is 82.5. The van der Waals surface area contributed by atoms with Crippen LogP contribution in [0.25, 0.3) is 0 Å². The van der Waals surface area contributed by atoms with Gasteiger partial charge in [-0.2, -0.15) is 0 Å². The monoisotopic (exact) mass is 1660 g/mol. The molecule has 0 saturated carbocycles. The molecule has 6 radical (unpaired) electrons. The normalized spacial score (nSPS) is 9.54. The minimum atomic E-state index is -1.92. The first-order valence-electron chi connectivity index (χ1n) is 33.6. The van der Waals surface area contributed by atoms with Crippen LogP contribution in [0.3, 0.4) is 0 Å². The molecule has 27 nitrogen and oxygen atoms in total. The summed E-state index contributed by atoms with van der Waals surface area (Å²) in [6.45, 7) is 24.9. The zero-order valence-electron chi connectivity index (χ0n) is 62.0. The number of unbranched alkanes of at least 4 members (excludes halogenated alkanes) is 26. The Morgan fingerprint density at radius 3 is 0.505 bits per heavy atom. The van der Waals surface area contributed by atoms with E-state index in [0.29, 0.717) is 12.8 Å². The van der Waals surface area contributed by atoms with E-state index in [1.54, 1.807) is 0 Å². The van der Waals surface area contributed by atoms with Crippen LogP contribution in [-0.2, 0) is 202 Å². The summed E-state index contributed by atoms with van der Waals surface area (Å²) in [5.74, 6) is -1.86. The molecule has 0 fully saturated rings. The standard InChI is InChI=1S/2C17H31O6.2C16H36N.13O.6V/c2*18-11-9-7-5-3-1-2-4-6-8-10-12-23-16(22)17(13-19,14-20)15-21;2*1-5-9-13-17(14-10-6-2,15-11-7-3)16-12-8-4;;;;;;;;;;;;;;;;;;;/h2*18H,1-15H2;2*5-16H2,1-4H3;;;;;;;;;;;;;;;;;;;/q2*-3;2*+1;13*-2;;;;;;. The fourth-order valence-electron chi connectivity index (χ4n) is 9.79. The number of hydrogen-bond donors (Lipinski definition) is 2. The molecular formula is C66H134N2O25V6-30. The van der Waals surface area contributed by atoms with Crippen molar-refractivity contribution < 1.29 is 251 Å². The van der Waals surface area contributed by atoms with E-state index in [4.69, 9.17) is 19.7 Å². The summed E-state index contributed by atoms with van der Waals surface area (Å²) >= 11 is 0. The third kappa shape index (κ3) is 95.6. The summed E-state index contributed by atoms with van der Waals surface area (Å²) in [6.07, 6.45) is 43.3. The topological polar surface area (TPSA) is 602 Å². The number of rotatable bonds is 56. The number of aliphatic hydroxyl groups excluding tert-OH is 2. The Hall–Kier alpha value is 1.53. The molecule has 0 aliphatic carbocycles. The van der Waals surface area contributed by atoms with Crippen LogP contribution in [0.1, 0.15) is 287 Å². The Balaban J connectivity index is -0.0000000351. The molecule has 0 unspecified atom stereocenters. The maximum Gasteiger partial charge on any atom is 0.307 e. The second-order valence-corrected chi connectivity index (χ2v) is 23.5. The van der Waals surface area contributed by atoms with Gasteiger partial charge in [-0.1, -0.05) is 209 Å². The Kier molecular flexibility index (Phi) is 211. The number of carbonyl (C=O) groups is 2. The van der Waals surface area contributed by atoms with E-state index >= 15 is 0 Å². The summed E-state index contributed by atoms with van der Waals surface area (Å²) in [4.78, 5) is 23.2. The van der Waals surface area contributed by atoms with Crippen LogP contribution in [0.5, 0.6) is 0 Å². The van der Waals surface area contributed by atoms with Gasteiger partial charge in [-0.15, -0.1) is 39.6 Å². The number of ether oxygens (including phenoxy) is 2. The maximum atomic E-state index is 11.6. The summed E-state index contributed by atoms with van der Waals surface area (Å²) in [7, 11) is 0. The van der Waals surface area contributed by atoms with Gasteiger partial charge < -0.3 is 130 Å². The molecule has 618 valence electrons. The quantitative estimate of drug-likeness (QED) is 0.0341. The zero-order valence-corrected chi connectivity index (χ0v) is 70.4. The molecule has 0 heterocycles. The predicted molar refractivity (Wildman–Crippen MR) is 330 cm³/mol. The second-order valence-electron chi connectivity index (χ2n) is 23.5. The SMILES string of the molecule is CCCC[N+](CCCC)(CCCC)CCCC.CCCC[N+](CCCC)(CCCC)CCCC.O=C(OCCCCCCCCCCCCO)C(C[O-])(C[O-])C[O-].O=C(OCCCCCCCCCCCCO)C(C[O-])(C[O-])C[O-].[O-2].[O-2].[O-2].[O-2].[O-2].[O-2].[O-2].[O-2].[O-2].[O-2].[O-2].[O-2].[O-2].[V].[V].[V].[V].[V].[V]. The van der Waals surface area contributed by atoms with Crippen LogP contribution >= 0.6 is 0 Å². The minimum Gasteiger partial charge on any atom is -2.00 e. The third-order valence-electron chi connectivity index (χ3n) is 16.0. The summed E-state index contributed by atoms with van der Waals surface area (Å²) in [5.41, 5.74) is -3.84. The smallest absolute Gasteiger partial charge is 0.307 e. The molecule has 0 rings (SSSR count). The first-order valence-corrected chi connectivity index (χ1v) is 33.6. The van der Waals surface area contributed by atoms with Crippen LogP contribution in [0.2, 0.25) is 0 Å². The number of esters is 2. The van der Waals surface area contributed by atoms with E-state index < -0.39 is 62.4 Å². The number of hydrogen-bond acceptors (Lipinski definition) is 12. The number of carbonyl (C=O) groups excluding carboxylic acids is 2. The van der Waals surface area contributed by atoms with Gasteiger partial charge in [-0.3, -0.25) is 9.59 Å². The van der Waals surface area contributed by atoms with E-state index in [1.807, 2.05) is 0 Å². The van der Waals surface area contributed by atoms with Gasteiger partial charge in [-0.25, -0.2) is 0 Å². The van der Waals surface area contributed by atoms with E-state index in [0.717, 1.165) is 64.2 Å². The van der Waals surface area contributed by atoms with E-state index in [-0.39, 0.29) is 209 Å². The van der Waals surface area contributed by atoms with Crippen LogP contribution in [0, 0.1) is 10.8 Å². The number of quaternary nitrogens is 2. The van der Waals surface area contributed by atoms with Crippen molar-refractivity contribution in [2.75, 3.05) is 118 Å². The van der Waals surface area contributed by atoms with Gasteiger partial charge in [0.15, 0.2) is 0 Å². The molecule has 0 saturated heterocycles. The molecule has 2 N–H and O–H groups in total. The van der Waals surface area contributed by atoms with Gasteiger partial charge in [0.1, 0.15) is 0 Å². The van der Waals surface area contributed by atoms with Crippen molar-refractivity contribution >= 4 is 11.9 Å². The molecule has 99 heavy (non-hydrogen) atoms. The molecule has 0 aromatic rings. The molecule has 0 aromatic carbocycles. The van der Waals surface area contributed by atoms with Gasteiger partial charge in [-0.05, 0) is 77.0 Å². The van der Waals surface area contributed by atoms with Gasteiger partial charge in [0, 0.05) is 135 Å². The van der Waals surface area contributed by atoms with Crippen LogP contribution < -0.4 is 30.6 Å². The molecule has 0 aromatic heterocycles. The average molecular weight is 1660 g/mol. The van der Waals surface area contributed by atoms with E-state index in [9.17, 15) is 40.2 Å². The molecule has 0 bridgehead atoms. The molecule has 0 spiro atoms. The largest absolute Gasteiger partial charge is 2.00 e. The zero-order chi connectivity index (χ0) is 60.8. The molecule has 33 heteroatoms. The van der Waals surface area contributed by atoms with Gasteiger partial charge in [0.05, 0.1) is 65.6 Å². The van der Waals surface area contributed by atoms with Crippen LogP contribution in [0.4, 0.5) is 0 Å². The van der Waals surface area contributed by atoms with Crippen molar-refractivity contribution in [3.63, 3.8) is 0 Å². The second kappa shape index (κ2) is 126. The third-order valence-corrected chi connectivity index (χ3v) is 16.0. The first kappa shape index (κ1) is 166. The Labute approximate surface area is 674 Å². The summed E-state index contributed by atoms with van der Waals surface area (Å²) < 4.78 is 12.6. The fraction of sp³-hybridized carbons (Fsp3) is 0.970. The molecule has 0 atom stereocenters.